The van der Waals surface area contributed by atoms with E-state index in [2.05, 4.69) is 72.2 Å². The van der Waals surface area contributed by atoms with Gasteiger partial charge in [0.2, 0.25) is 0 Å². The van der Waals surface area contributed by atoms with Crippen LogP contribution in [0.5, 0.6) is 0 Å². The average molecular weight is 506 g/mol. The van der Waals surface area contributed by atoms with E-state index in [0.717, 1.165) is 18.8 Å². The zero-order valence-corrected chi connectivity index (χ0v) is 21.3. The Labute approximate surface area is 205 Å². The summed E-state index contributed by atoms with van der Waals surface area (Å²) in [4.78, 5) is 0. The molecule has 0 N–H and O–H groups in total. The molecule has 0 spiro atoms. The molecule has 1 saturated carbocycles. The summed E-state index contributed by atoms with van der Waals surface area (Å²) in [6, 6.07) is 18.1. The first kappa shape index (κ1) is 28.3. The molecule has 2 aromatic carbocycles. The van der Waals surface area contributed by atoms with Crippen molar-refractivity contribution in [3.05, 3.63) is 90.4 Å². The summed E-state index contributed by atoms with van der Waals surface area (Å²) < 4.78 is 3.34. The second kappa shape index (κ2) is 17.0. The number of benzene rings is 2. The standard InChI is InChI=1S/C13H9.C7H13.C5H5.CH2.2ClH.Zr/c1-3-7-12-10(5-1)9-11-6-2-4-8-13(11)12;1-2-7-5-3-4-6-7;1-2-4-5-3-1;;;;/h1-5,7-8H,9H2;2,7H,3-6H2,1H3;1-3H,4H2;1H2;2*1H;/q3*-1;;;;. The van der Waals surface area contributed by atoms with Crippen LogP contribution in [-0.2, 0) is 30.7 Å². The Bertz CT molecular complexity index is 692. The summed E-state index contributed by atoms with van der Waals surface area (Å²) in [7, 11) is 0. The Kier molecular flexibility index (Phi) is 16.5. The molecule has 5 rings (SSSR count). The van der Waals surface area contributed by atoms with Crippen LogP contribution in [0.1, 0.15) is 50.2 Å². The maximum Gasteiger partial charge on any atom is -0.0253 e. The van der Waals surface area contributed by atoms with Crippen molar-refractivity contribution >= 4 is 29.0 Å². The van der Waals surface area contributed by atoms with Gasteiger partial charge in [0.05, 0.1) is 0 Å². The van der Waals surface area contributed by atoms with E-state index in [1.54, 1.807) is 0 Å². The second-order valence-electron chi connectivity index (χ2n) is 6.78. The molecule has 2 aromatic rings. The Balaban J connectivity index is 0.000000420. The van der Waals surface area contributed by atoms with Crippen LogP contribution in [0.25, 0.3) is 11.1 Å². The van der Waals surface area contributed by atoms with Gasteiger partial charge >= 0.3 is 28.4 Å². The predicted molar refractivity (Wildman–Crippen MR) is 129 cm³/mol. The Morgan fingerprint density at radius 3 is 2.24 bits per heavy atom. The molecule has 0 saturated heterocycles. The van der Waals surface area contributed by atoms with E-state index in [0.29, 0.717) is 0 Å². The summed E-state index contributed by atoms with van der Waals surface area (Å²) in [6.45, 7) is 2.18. The zero-order chi connectivity index (χ0) is 19.3. The quantitative estimate of drug-likeness (QED) is 0.299. The third-order valence-electron chi connectivity index (χ3n) is 5.07. The minimum atomic E-state index is 0. The van der Waals surface area contributed by atoms with Crippen LogP contribution in [-0.4, -0.2) is 4.21 Å². The molecule has 0 aliphatic heterocycles. The van der Waals surface area contributed by atoms with Gasteiger partial charge in [-0.2, -0.15) is 48.7 Å². The minimum absolute atomic E-state index is 0. The Hall–Kier alpha value is -0.747. The summed E-state index contributed by atoms with van der Waals surface area (Å²) in [6.07, 6.45) is 19.2. The van der Waals surface area contributed by atoms with Crippen molar-refractivity contribution in [3.63, 3.8) is 0 Å². The maximum atomic E-state index is 3.34. The number of allylic oxidation sites excluding steroid dienone is 4. The van der Waals surface area contributed by atoms with E-state index in [4.69, 9.17) is 0 Å². The van der Waals surface area contributed by atoms with Gasteiger partial charge in [0, 0.05) is 0 Å². The molecule has 1 fully saturated rings. The average Bonchev–Trinajstić information content (AvgIpc) is 3.52. The first-order valence-electron chi connectivity index (χ1n) is 9.83. The summed E-state index contributed by atoms with van der Waals surface area (Å²) in [5.41, 5.74) is 5.51. The summed E-state index contributed by atoms with van der Waals surface area (Å²) in [5.74, 6) is 0.972. The van der Waals surface area contributed by atoms with Crippen LogP contribution in [0, 0.1) is 24.5 Å². The van der Waals surface area contributed by atoms with E-state index >= 15 is 0 Å². The van der Waals surface area contributed by atoms with Gasteiger partial charge in [-0.1, -0.05) is 61.1 Å². The van der Waals surface area contributed by atoms with Gasteiger partial charge in [-0.15, -0.1) is 36.8 Å². The molecule has 0 bridgehead atoms. The Morgan fingerprint density at radius 1 is 1.00 bits per heavy atom. The van der Waals surface area contributed by atoms with Crippen molar-refractivity contribution in [2.24, 2.45) is 5.92 Å². The van der Waals surface area contributed by atoms with Crippen LogP contribution in [0.15, 0.2) is 60.7 Å². The molecule has 0 atom stereocenters. The van der Waals surface area contributed by atoms with Crippen LogP contribution in [0.2, 0.25) is 0 Å². The molecular formula is C26H31Cl2Zr-3. The maximum absolute atomic E-state index is 3.34. The van der Waals surface area contributed by atoms with E-state index in [1.807, 2.05) is 18.2 Å². The molecule has 0 nitrogen and oxygen atoms in total. The zero-order valence-electron chi connectivity index (χ0n) is 17.2. The fourth-order valence-corrected chi connectivity index (χ4v) is 3.63. The number of hydrogen-bond acceptors (Lipinski definition) is 0. The molecule has 0 amide bonds. The molecular weight excluding hydrogens is 474 g/mol. The van der Waals surface area contributed by atoms with Crippen molar-refractivity contribution in [1.82, 2.24) is 0 Å². The molecule has 156 valence electrons. The fourth-order valence-electron chi connectivity index (χ4n) is 3.63. The Morgan fingerprint density at radius 2 is 1.69 bits per heavy atom. The fraction of sp³-hybridized carbons (Fsp3) is 0.308. The first-order chi connectivity index (χ1) is 13.4. The number of rotatable bonds is 1. The van der Waals surface area contributed by atoms with Crippen LogP contribution >= 0.6 is 24.8 Å². The van der Waals surface area contributed by atoms with E-state index in [9.17, 15) is 0 Å². The number of hydrogen-bond donors (Lipinski definition) is 0. The SMILES string of the molecule is C[CH-]C1CCCC1.Cl.Cl.[C-]1=CC=CC1.[CH2]=[Zr].[c-]1cccc2c1Cc1ccccc1-2. The van der Waals surface area contributed by atoms with Gasteiger partial charge in [0.25, 0.3) is 0 Å². The van der Waals surface area contributed by atoms with Crippen LogP contribution in [0.4, 0.5) is 0 Å². The van der Waals surface area contributed by atoms with Gasteiger partial charge < -0.3 is 6.42 Å². The smallest absolute Gasteiger partial charge is 0.0253 e. The normalized spacial score (nSPS) is 14.3. The molecule has 0 radical (unpaired) electrons. The number of halogens is 2. The molecule has 3 aliphatic rings. The largest absolute Gasteiger partial charge is 0.179 e. The topological polar surface area (TPSA) is 0 Å². The van der Waals surface area contributed by atoms with Crippen molar-refractivity contribution < 1.29 is 24.2 Å². The van der Waals surface area contributed by atoms with Crippen LogP contribution < -0.4 is 0 Å². The molecule has 29 heavy (non-hydrogen) atoms. The van der Waals surface area contributed by atoms with Gasteiger partial charge in [-0.05, 0) is 6.42 Å². The third kappa shape index (κ3) is 9.29. The van der Waals surface area contributed by atoms with E-state index in [1.165, 1.54) is 72.2 Å². The van der Waals surface area contributed by atoms with Crippen molar-refractivity contribution in [2.75, 3.05) is 0 Å². The monoisotopic (exact) mass is 503 g/mol. The van der Waals surface area contributed by atoms with Crippen molar-refractivity contribution in [3.8, 4) is 11.1 Å². The second-order valence-corrected chi connectivity index (χ2v) is 6.78. The number of fused-ring (bicyclic) bond motifs is 3. The molecule has 3 aliphatic carbocycles. The van der Waals surface area contributed by atoms with E-state index < -0.39 is 0 Å². The van der Waals surface area contributed by atoms with Crippen molar-refractivity contribution in [2.45, 2.75) is 45.4 Å². The first-order valence-corrected chi connectivity index (χ1v) is 11.6. The van der Waals surface area contributed by atoms with Gasteiger partial charge in [-0.25, -0.2) is 12.2 Å². The molecule has 0 unspecified atom stereocenters. The van der Waals surface area contributed by atoms with E-state index in [-0.39, 0.29) is 24.8 Å². The van der Waals surface area contributed by atoms with Crippen LogP contribution in [0.3, 0.4) is 0 Å². The molecule has 0 aromatic heterocycles. The van der Waals surface area contributed by atoms with Gasteiger partial charge in [0.15, 0.2) is 0 Å². The van der Waals surface area contributed by atoms with Gasteiger partial charge in [0.1, 0.15) is 0 Å². The molecule has 3 heteroatoms. The van der Waals surface area contributed by atoms with Crippen molar-refractivity contribution in [1.29, 1.82) is 0 Å². The third-order valence-corrected chi connectivity index (χ3v) is 5.07. The summed E-state index contributed by atoms with van der Waals surface area (Å²) >= 11 is 1.30. The molecule has 0 heterocycles. The van der Waals surface area contributed by atoms with Gasteiger partial charge in [-0.3, -0.25) is 6.08 Å². The summed E-state index contributed by atoms with van der Waals surface area (Å²) in [5, 5.41) is 0. The minimum Gasteiger partial charge on any atom is -0.179 e. The predicted octanol–water partition coefficient (Wildman–Crippen LogP) is 7.57.